The van der Waals surface area contributed by atoms with Gasteiger partial charge in [0, 0.05) is 34.3 Å². The van der Waals surface area contributed by atoms with Gasteiger partial charge < -0.3 is 5.32 Å². The summed E-state index contributed by atoms with van der Waals surface area (Å²) in [7, 11) is 0. The molecule has 3 nitrogen and oxygen atoms in total. The summed E-state index contributed by atoms with van der Waals surface area (Å²) in [6.45, 7) is 2.07. The Balaban J connectivity index is 1.34. The van der Waals surface area contributed by atoms with Crippen LogP contribution in [0.1, 0.15) is 60.2 Å². The van der Waals surface area contributed by atoms with Gasteiger partial charge in [0.1, 0.15) is 4.88 Å². The van der Waals surface area contributed by atoms with Crippen LogP contribution in [0.15, 0.2) is 18.2 Å². The molecule has 2 atom stereocenters. The Hall–Kier alpha value is -1.10. The van der Waals surface area contributed by atoms with Gasteiger partial charge in [0.2, 0.25) is 0 Å². The minimum atomic E-state index is 0.0109. The maximum atomic E-state index is 12.9. The Morgan fingerprint density at radius 2 is 1.88 bits per heavy atom. The fraction of sp³-hybridized carbons (Fsp3) is 0.571. The molecular formula is C21H25ClN2OS. The lowest BCUT2D eigenvalue weighted by atomic mass is 9.81. The molecule has 5 rings (SSSR count). The fourth-order valence-corrected chi connectivity index (χ4v) is 6.59. The maximum Gasteiger partial charge on any atom is 0.263 e. The predicted molar refractivity (Wildman–Crippen MR) is 108 cm³/mol. The normalized spacial score (nSPS) is 29.1. The molecule has 2 aromatic rings. The molecule has 2 bridgehead atoms. The number of aryl methyl sites for hydroxylation is 1. The zero-order valence-electron chi connectivity index (χ0n) is 15.1. The smallest absolute Gasteiger partial charge is 0.263 e. The standard InChI is InChI=1S/C21H25ClN2OS/c1-12-5-8-17-18(9-12)26-20(19(17)22)21(25)23-13-10-15-3-2-4-16(11-13)24(15)14-6-7-14/h5,8-9,13-16H,2-4,6-7,10-11H2,1H3,(H,23,25). The first-order chi connectivity index (χ1) is 12.6. The Morgan fingerprint density at radius 1 is 1.15 bits per heavy atom. The highest BCUT2D eigenvalue weighted by atomic mass is 35.5. The molecule has 1 N–H and O–H groups in total. The summed E-state index contributed by atoms with van der Waals surface area (Å²) in [5, 5.41) is 4.92. The van der Waals surface area contributed by atoms with Gasteiger partial charge in [0.05, 0.1) is 5.02 Å². The molecule has 1 amide bonds. The Labute approximate surface area is 163 Å². The van der Waals surface area contributed by atoms with Crippen molar-refractivity contribution in [3.8, 4) is 0 Å². The number of amides is 1. The van der Waals surface area contributed by atoms with E-state index in [0.29, 0.717) is 22.0 Å². The van der Waals surface area contributed by atoms with E-state index in [1.807, 2.05) is 6.07 Å². The van der Waals surface area contributed by atoms with Crippen molar-refractivity contribution in [2.75, 3.05) is 0 Å². The molecule has 3 fully saturated rings. The van der Waals surface area contributed by atoms with Crippen LogP contribution < -0.4 is 5.32 Å². The molecule has 2 aliphatic heterocycles. The summed E-state index contributed by atoms with van der Waals surface area (Å²) in [4.78, 5) is 16.4. The Bertz CT molecular complexity index is 845. The van der Waals surface area contributed by atoms with Crippen molar-refractivity contribution >= 4 is 38.9 Å². The number of benzene rings is 1. The highest BCUT2D eigenvalue weighted by molar-refractivity contribution is 7.21. The van der Waals surface area contributed by atoms with E-state index in [-0.39, 0.29) is 11.9 Å². The van der Waals surface area contributed by atoms with E-state index in [1.165, 1.54) is 49.0 Å². The number of carbonyl (C=O) groups is 1. The van der Waals surface area contributed by atoms with Gasteiger partial charge >= 0.3 is 0 Å². The van der Waals surface area contributed by atoms with Gasteiger partial charge in [-0.05, 0) is 57.1 Å². The first-order valence-electron chi connectivity index (χ1n) is 9.87. The number of nitrogens with one attached hydrogen (secondary N) is 1. The number of halogens is 1. The third kappa shape index (κ3) is 2.96. The van der Waals surface area contributed by atoms with Gasteiger partial charge in [-0.15, -0.1) is 11.3 Å². The number of hydrogen-bond acceptors (Lipinski definition) is 3. The van der Waals surface area contributed by atoms with Crippen LogP contribution in [0.2, 0.25) is 5.02 Å². The molecular weight excluding hydrogens is 364 g/mol. The van der Waals surface area contributed by atoms with Crippen molar-refractivity contribution in [1.82, 2.24) is 10.2 Å². The van der Waals surface area contributed by atoms with Crippen LogP contribution in [0.3, 0.4) is 0 Å². The van der Waals surface area contributed by atoms with Crippen molar-refractivity contribution in [3.63, 3.8) is 0 Å². The van der Waals surface area contributed by atoms with Crippen LogP contribution in [0.5, 0.6) is 0 Å². The lowest BCUT2D eigenvalue weighted by Gasteiger charge is -2.49. The molecule has 1 aromatic carbocycles. The molecule has 2 saturated heterocycles. The highest BCUT2D eigenvalue weighted by Crippen LogP contribution is 2.42. The largest absolute Gasteiger partial charge is 0.348 e. The van der Waals surface area contributed by atoms with E-state index in [4.69, 9.17) is 11.6 Å². The van der Waals surface area contributed by atoms with E-state index in [1.54, 1.807) is 0 Å². The minimum absolute atomic E-state index is 0.0109. The van der Waals surface area contributed by atoms with Gasteiger partial charge in [0.15, 0.2) is 0 Å². The van der Waals surface area contributed by atoms with E-state index in [2.05, 4.69) is 29.3 Å². The maximum absolute atomic E-state index is 12.9. The number of thiophene rings is 1. The molecule has 138 valence electrons. The Kier molecular flexibility index (Phi) is 4.26. The van der Waals surface area contributed by atoms with Crippen molar-refractivity contribution < 1.29 is 4.79 Å². The third-order valence-electron chi connectivity index (χ3n) is 6.33. The number of fused-ring (bicyclic) bond motifs is 3. The molecule has 3 aliphatic rings. The van der Waals surface area contributed by atoms with Crippen molar-refractivity contribution in [3.05, 3.63) is 33.7 Å². The molecule has 2 unspecified atom stereocenters. The predicted octanol–water partition coefficient (Wildman–Crippen LogP) is 5.14. The number of nitrogens with zero attached hydrogens (tertiary/aromatic N) is 1. The van der Waals surface area contributed by atoms with Crippen LogP contribution in [-0.2, 0) is 0 Å². The minimum Gasteiger partial charge on any atom is -0.348 e. The number of piperidine rings is 2. The number of rotatable bonds is 3. The van der Waals surface area contributed by atoms with Gasteiger partial charge in [0.25, 0.3) is 5.91 Å². The summed E-state index contributed by atoms with van der Waals surface area (Å²) in [6, 6.07) is 8.65. The summed E-state index contributed by atoms with van der Waals surface area (Å²) in [5.74, 6) is 0.0109. The van der Waals surface area contributed by atoms with Gasteiger partial charge in [-0.3, -0.25) is 9.69 Å². The lowest BCUT2D eigenvalue weighted by molar-refractivity contribution is 0.0175. The Morgan fingerprint density at radius 3 is 2.58 bits per heavy atom. The second kappa shape index (κ2) is 6.50. The second-order valence-electron chi connectivity index (χ2n) is 8.30. The van der Waals surface area contributed by atoms with Crippen molar-refractivity contribution in [1.29, 1.82) is 0 Å². The number of hydrogen-bond donors (Lipinski definition) is 1. The van der Waals surface area contributed by atoms with E-state index < -0.39 is 0 Å². The third-order valence-corrected chi connectivity index (χ3v) is 7.98. The van der Waals surface area contributed by atoms with Crippen LogP contribution in [0, 0.1) is 6.92 Å². The van der Waals surface area contributed by atoms with Crippen molar-refractivity contribution in [2.24, 2.45) is 0 Å². The summed E-state index contributed by atoms with van der Waals surface area (Å²) in [5.41, 5.74) is 1.20. The summed E-state index contributed by atoms with van der Waals surface area (Å²) in [6.07, 6.45) is 8.88. The number of carbonyl (C=O) groups excluding carboxylic acids is 1. The molecule has 1 aromatic heterocycles. The van der Waals surface area contributed by atoms with E-state index >= 15 is 0 Å². The quantitative estimate of drug-likeness (QED) is 0.789. The SMILES string of the molecule is Cc1ccc2c(Cl)c(C(=O)NC3CC4CCCC(C3)N4C3CC3)sc2c1. The topological polar surface area (TPSA) is 32.3 Å². The van der Waals surface area contributed by atoms with Crippen LogP contribution >= 0.6 is 22.9 Å². The average molecular weight is 389 g/mol. The molecule has 3 heterocycles. The lowest BCUT2D eigenvalue weighted by Crippen LogP contribution is -2.57. The van der Waals surface area contributed by atoms with Gasteiger partial charge in [-0.1, -0.05) is 30.2 Å². The zero-order valence-corrected chi connectivity index (χ0v) is 16.7. The molecule has 5 heteroatoms. The van der Waals surface area contributed by atoms with Gasteiger partial charge in [-0.25, -0.2) is 0 Å². The van der Waals surface area contributed by atoms with Crippen LogP contribution in [-0.4, -0.2) is 35.0 Å². The monoisotopic (exact) mass is 388 g/mol. The molecule has 26 heavy (non-hydrogen) atoms. The van der Waals surface area contributed by atoms with Crippen LogP contribution in [0.4, 0.5) is 0 Å². The molecule has 1 saturated carbocycles. The first-order valence-corrected chi connectivity index (χ1v) is 11.1. The van der Waals surface area contributed by atoms with Gasteiger partial charge in [-0.2, -0.15) is 0 Å². The van der Waals surface area contributed by atoms with Crippen molar-refractivity contribution in [2.45, 2.75) is 76.0 Å². The molecule has 1 aliphatic carbocycles. The second-order valence-corrected chi connectivity index (χ2v) is 9.73. The highest BCUT2D eigenvalue weighted by Gasteiger charge is 2.45. The van der Waals surface area contributed by atoms with Crippen LogP contribution in [0.25, 0.3) is 10.1 Å². The molecule has 0 radical (unpaired) electrons. The van der Waals surface area contributed by atoms with E-state index in [9.17, 15) is 4.79 Å². The first kappa shape index (κ1) is 17.0. The van der Waals surface area contributed by atoms with E-state index in [0.717, 1.165) is 29.0 Å². The fourth-order valence-electron chi connectivity index (χ4n) is 5.07. The molecule has 0 spiro atoms. The summed E-state index contributed by atoms with van der Waals surface area (Å²) < 4.78 is 1.10. The average Bonchev–Trinajstić information content (AvgIpc) is 3.38. The zero-order chi connectivity index (χ0) is 17.8. The summed E-state index contributed by atoms with van der Waals surface area (Å²) >= 11 is 8.05.